The summed E-state index contributed by atoms with van der Waals surface area (Å²) >= 11 is 0. The molecule has 1 aromatic carbocycles. The largest absolute Gasteiger partial charge is 0.507 e. The highest BCUT2D eigenvalue weighted by molar-refractivity contribution is 5.48. The molecule has 1 aromatic rings. The van der Waals surface area contributed by atoms with Crippen molar-refractivity contribution < 1.29 is 5.11 Å². The maximum absolute atomic E-state index is 11.3. The van der Waals surface area contributed by atoms with Crippen molar-refractivity contribution in [3.63, 3.8) is 0 Å². The molecule has 1 aliphatic rings. The molecular formula is C27H49N3O. The third kappa shape index (κ3) is 7.20. The number of phenols is 1. The Morgan fingerprint density at radius 3 is 1.58 bits per heavy atom. The predicted molar refractivity (Wildman–Crippen MR) is 134 cm³/mol. The van der Waals surface area contributed by atoms with Gasteiger partial charge < -0.3 is 5.11 Å². The fraction of sp³-hybridized carbons (Fsp3) is 0.778. The van der Waals surface area contributed by atoms with E-state index in [0.29, 0.717) is 17.8 Å². The van der Waals surface area contributed by atoms with Gasteiger partial charge in [0.1, 0.15) is 5.75 Å². The van der Waals surface area contributed by atoms with Crippen LogP contribution in [0.5, 0.6) is 5.75 Å². The Hall–Kier alpha value is -1.10. The van der Waals surface area contributed by atoms with Crippen molar-refractivity contribution in [3.05, 3.63) is 28.8 Å². The van der Waals surface area contributed by atoms with E-state index in [1.54, 1.807) is 0 Å². The number of hydrogen-bond acceptors (Lipinski definition) is 4. The smallest absolute Gasteiger partial charge is 0.123 e. The number of rotatable bonds is 4. The van der Waals surface area contributed by atoms with Crippen molar-refractivity contribution in [1.29, 1.82) is 0 Å². The fourth-order valence-electron chi connectivity index (χ4n) is 4.38. The number of benzene rings is 1. The molecule has 178 valence electrons. The van der Waals surface area contributed by atoms with E-state index in [0.717, 1.165) is 56.9 Å². The first-order chi connectivity index (χ1) is 14.2. The Kier molecular flexibility index (Phi) is 8.63. The first-order valence-corrected chi connectivity index (χ1v) is 12.3. The van der Waals surface area contributed by atoms with E-state index in [4.69, 9.17) is 0 Å². The highest BCUT2D eigenvalue weighted by atomic mass is 16.3. The summed E-state index contributed by atoms with van der Waals surface area (Å²) in [7, 11) is 0. The second-order valence-electron chi connectivity index (χ2n) is 12.1. The summed E-state index contributed by atoms with van der Waals surface area (Å²) in [5.74, 6) is 0.488. The summed E-state index contributed by atoms with van der Waals surface area (Å²) in [6.07, 6.45) is 0. The van der Waals surface area contributed by atoms with E-state index in [9.17, 15) is 5.11 Å². The molecule has 1 aliphatic heterocycles. The highest BCUT2D eigenvalue weighted by Crippen LogP contribution is 2.38. The quantitative estimate of drug-likeness (QED) is 0.707. The Bertz CT molecular complexity index is 692. The molecule has 0 amide bonds. The van der Waals surface area contributed by atoms with Crippen LogP contribution in [0.25, 0.3) is 0 Å². The van der Waals surface area contributed by atoms with E-state index < -0.39 is 0 Å². The monoisotopic (exact) mass is 431 g/mol. The van der Waals surface area contributed by atoms with Gasteiger partial charge in [-0.15, -0.1) is 0 Å². The summed E-state index contributed by atoms with van der Waals surface area (Å²) < 4.78 is 0. The van der Waals surface area contributed by atoms with Gasteiger partial charge in [0.2, 0.25) is 0 Å². The molecule has 1 N–H and O–H groups in total. The Labute approximate surface area is 192 Å². The lowest BCUT2D eigenvalue weighted by Gasteiger charge is -2.31. The van der Waals surface area contributed by atoms with Crippen LogP contribution in [0.3, 0.4) is 0 Å². The molecule has 0 aliphatic carbocycles. The third-order valence-electron chi connectivity index (χ3n) is 6.80. The van der Waals surface area contributed by atoms with Crippen LogP contribution in [0.15, 0.2) is 12.1 Å². The molecule has 1 fully saturated rings. The van der Waals surface area contributed by atoms with Gasteiger partial charge in [-0.1, -0.05) is 53.7 Å². The van der Waals surface area contributed by atoms with Crippen LogP contribution in [0.1, 0.15) is 85.9 Å². The lowest BCUT2D eigenvalue weighted by atomic mass is 9.79. The summed E-state index contributed by atoms with van der Waals surface area (Å²) in [6.45, 7) is 29.9. The van der Waals surface area contributed by atoms with Crippen molar-refractivity contribution in [1.82, 2.24) is 14.7 Å². The lowest BCUT2D eigenvalue weighted by Crippen LogP contribution is -2.41. The van der Waals surface area contributed by atoms with Crippen LogP contribution < -0.4 is 0 Å². The van der Waals surface area contributed by atoms with Gasteiger partial charge in [-0.2, -0.15) is 0 Å². The second kappa shape index (κ2) is 10.2. The first kappa shape index (κ1) is 26.2. The minimum atomic E-state index is -0.0866. The molecule has 0 saturated carbocycles. The normalized spacial score (nSPS) is 19.0. The van der Waals surface area contributed by atoms with Crippen molar-refractivity contribution >= 4 is 0 Å². The fourth-order valence-corrected chi connectivity index (χ4v) is 4.38. The molecule has 0 unspecified atom stereocenters. The Balaban J connectivity index is 2.37. The minimum absolute atomic E-state index is 0.0546. The van der Waals surface area contributed by atoms with Crippen molar-refractivity contribution in [2.45, 2.75) is 98.7 Å². The van der Waals surface area contributed by atoms with Gasteiger partial charge in [-0.25, -0.2) is 0 Å². The molecule has 0 atom stereocenters. The number of hydrogen-bond donors (Lipinski definition) is 1. The maximum Gasteiger partial charge on any atom is 0.123 e. The first-order valence-electron chi connectivity index (χ1n) is 12.3. The van der Waals surface area contributed by atoms with Crippen LogP contribution in [-0.4, -0.2) is 71.2 Å². The number of phenolic OH excluding ortho intramolecular Hbond substituents is 1. The number of nitrogens with zero attached hydrogens (tertiary/aromatic N) is 3. The SMILES string of the molecule is CC(C)N1CCN(Cc2cc(C(C)(C)C)cc(C(C)(C)C)c2O)CCN(C(C)C)CC1. The van der Waals surface area contributed by atoms with Gasteiger partial charge in [-0.05, 0) is 49.7 Å². The topological polar surface area (TPSA) is 30.0 Å². The molecule has 1 heterocycles. The molecule has 2 rings (SSSR count). The van der Waals surface area contributed by atoms with Crippen LogP contribution in [0, 0.1) is 0 Å². The summed E-state index contributed by atoms with van der Waals surface area (Å²) in [5, 5.41) is 11.3. The zero-order valence-corrected chi connectivity index (χ0v) is 22.0. The molecule has 0 spiro atoms. The summed E-state index contributed by atoms with van der Waals surface area (Å²) in [4.78, 5) is 7.74. The van der Waals surface area contributed by atoms with Crippen LogP contribution >= 0.6 is 0 Å². The summed E-state index contributed by atoms with van der Waals surface area (Å²) in [5.41, 5.74) is 3.41. The predicted octanol–water partition coefficient (Wildman–Crippen LogP) is 5.22. The van der Waals surface area contributed by atoms with Gasteiger partial charge in [0.05, 0.1) is 0 Å². The highest BCUT2D eigenvalue weighted by Gasteiger charge is 2.26. The minimum Gasteiger partial charge on any atom is -0.507 e. The second-order valence-corrected chi connectivity index (χ2v) is 12.1. The maximum atomic E-state index is 11.3. The molecule has 0 aromatic heterocycles. The van der Waals surface area contributed by atoms with Crippen LogP contribution in [-0.2, 0) is 17.4 Å². The van der Waals surface area contributed by atoms with E-state index >= 15 is 0 Å². The molecule has 0 radical (unpaired) electrons. The van der Waals surface area contributed by atoms with Gasteiger partial charge >= 0.3 is 0 Å². The van der Waals surface area contributed by atoms with Crippen LogP contribution in [0.2, 0.25) is 0 Å². The molecule has 4 heteroatoms. The van der Waals surface area contributed by atoms with Gasteiger partial charge in [-0.3, -0.25) is 14.7 Å². The lowest BCUT2D eigenvalue weighted by molar-refractivity contribution is 0.169. The molecule has 4 nitrogen and oxygen atoms in total. The van der Waals surface area contributed by atoms with E-state index in [1.165, 1.54) is 5.56 Å². The van der Waals surface area contributed by atoms with E-state index in [2.05, 4.69) is 96.1 Å². The van der Waals surface area contributed by atoms with E-state index in [-0.39, 0.29) is 10.8 Å². The van der Waals surface area contributed by atoms with Crippen molar-refractivity contribution in [2.24, 2.45) is 0 Å². The van der Waals surface area contributed by atoms with Gasteiger partial charge in [0.25, 0.3) is 0 Å². The standard InChI is InChI=1S/C27H49N3O/c1-20(2)29-13-11-28(12-14-30(16-15-29)21(3)4)19-22-17-23(26(5,6)7)18-24(25(22)31)27(8,9)10/h17-18,20-21,31H,11-16,19H2,1-10H3. The third-order valence-corrected chi connectivity index (χ3v) is 6.80. The molecular weight excluding hydrogens is 382 g/mol. The number of aromatic hydroxyl groups is 1. The average molecular weight is 432 g/mol. The molecule has 0 bridgehead atoms. The molecule has 1 saturated heterocycles. The molecule has 31 heavy (non-hydrogen) atoms. The summed E-state index contributed by atoms with van der Waals surface area (Å²) in [6, 6.07) is 5.58. The average Bonchev–Trinajstić information content (AvgIpc) is 2.72. The zero-order chi connectivity index (χ0) is 23.6. The van der Waals surface area contributed by atoms with Gasteiger partial charge in [0.15, 0.2) is 0 Å². The van der Waals surface area contributed by atoms with Crippen molar-refractivity contribution in [3.8, 4) is 5.75 Å². The van der Waals surface area contributed by atoms with Crippen LogP contribution in [0.4, 0.5) is 0 Å². The van der Waals surface area contributed by atoms with E-state index in [1.807, 2.05) is 0 Å². The van der Waals surface area contributed by atoms with Gasteiger partial charge in [0, 0.05) is 63.5 Å². The Morgan fingerprint density at radius 2 is 1.19 bits per heavy atom. The Morgan fingerprint density at radius 1 is 0.742 bits per heavy atom. The van der Waals surface area contributed by atoms with Crippen molar-refractivity contribution in [2.75, 3.05) is 39.3 Å². The zero-order valence-electron chi connectivity index (χ0n) is 22.0.